The fourth-order valence-corrected chi connectivity index (χ4v) is 4.29. The van der Waals surface area contributed by atoms with E-state index in [1.165, 1.54) is 28.9 Å². The summed E-state index contributed by atoms with van der Waals surface area (Å²) in [5, 5.41) is 12.0. The Morgan fingerprint density at radius 3 is 2.52 bits per heavy atom. The molecular formula is C19H26N4OS. The van der Waals surface area contributed by atoms with E-state index in [1.807, 2.05) is 13.0 Å². The summed E-state index contributed by atoms with van der Waals surface area (Å²) in [5.41, 5.74) is 2.46. The summed E-state index contributed by atoms with van der Waals surface area (Å²) < 4.78 is 0. The maximum absolute atomic E-state index is 12.2. The zero-order chi connectivity index (χ0) is 17.8. The summed E-state index contributed by atoms with van der Waals surface area (Å²) in [7, 11) is 0. The summed E-state index contributed by atoms with van der Waals surface area (Å²) in [5.74, 6) is 1.34. The van der Waals surface area contributed by atoms with E-state index in [0.717, 1.165) is 36.5 Å². The number of carbonyl (C=O) groups is 1. The number of nitrogens with zero attached hydrogens (tertiary/aromatic N) is 3. The number of carbonyl (C=O) groups excluding carboxylic acids is 1. The van der Waals surface area contributed by atoms with Crippen molar-refractivity contribution in [3.05, 3.63) is 45.4 Å². The molecule has 5 nitrogen and oxygen atoms in total. The molecule has 2 unspecified atom stereocenters. The van der Waals surface area contributed by atoms with E-state index in [1.54, 1.807) is 0 Å². The smallest absolute Gasteiger partial charge is 0.282 e. The fraction of sp³-hybridized carbons (Fsp3) is 0.526. The fourth-order valence-electron chi connectivity index (χ4n) is 3.69. The Morgan fingerprint density at radius 2 is 1.88 bits per heavy atom. The monoisotopic (exact) mass is 358 g/mol. The molecule has 0 bridgehead atoms. The summed E-state index contributed by atoms with van der Waals surface area (Å²) in [4.78, 5) is 14.7. The highest BCUT2D eigenvalue weighted by Gasteiger charge is 2.22. The zero-order valence-corrected chi connectivity index (χ0v) is 16.0. The van der Waals surface area contributed by atoms with Crippen LogP contribution in [0.2, 0.25) is 0 Å². The average Bonchev–Trinajstić information content (AvgIpc) is 2.99. The van der Waals surface area contributed by atoms with Gasteiger partial charge in [-0.05, 0) is 36.3 Å². The standard InChI is InChI=1S/C19H26N4OS/c1-13-8-14(2)11-23(10-13)12-17-7-5-4-6-16(17)9-20-18(24)19-22-21-15(3)25-19/h4-7,13-14H,8-12H2,1-3H3,(H,20,24). The van der Waals surface area contributed by atoms with Crippen molar-refractivity contribution >= 4 is 17.2 Å². The van der Waals surface area contributed by atoms with Crippen LogP contribution in [0, 0.1) is 18.8 Å². The Labute approximate surface area is 153 Å². The van der Waals surface area contributed by atoms with Crippen LogP contribution < -0.4 is 5.32 Å². The summed E-state index contributed by atoms with van der Waals surface area (Å²) in [6.07, 6.45) is 1.31. The number of benzene rings is 1. The number of piperidine rings is 1. The van der Waals surface area contributed by atoms with Crippen LogP contribution in [-0.4, -0.2) is 34.1 Å². The second kappa shape index (κ2) is 8.06. The van der Waals surface area contributed by atoms with E-state index in [0.29, 0.717) is 11.6 Å². The minimum atomic E-state index is -0.152. The molecule has 0 spiro atoms. The lowest BCUT2D eigenvalue weighted by molar-refractivity contribution is 0.0949. The van der Waals surface area contributed by atoms with Gasteiger partial charge in [0.05, 0.1) is 0 Å². The van der Waals surface area contributed by atoms with Gasteiger partial charge in [0.25, 0.3) is 5.91 Å². The SMILES string of the molecule is Cc1nnc(C(=O)NCc2ccccc2CN2CC(C)CC(C)C2)s1. The third-order valence-corrected chi connectivity index (χ3v) is 5.45. The van der Waals surface area contributed by atoms with Crippen molar-refractivity contribution in [1.82, 2.24) is 20.4 Å². The van der Waals surface area contributed by atoms with Crippen LogP contribution in [0.15, 0.2) is 24.3 Å². The molecule has 1 aliphatic heterocycles. The lowest BCUT2D eigenvalue weighted by Gasteiger charge is -2.35. The molecular weight excluding hydrogens is 332 g/mol. The molecule has 2 atom stereocenters. The van der Waals surface area contributed by atoms with Crippen molar-refractivity contribution in [3.8, 4) is 0 Å². The molecule has 1 fully saturated rings. The van der Waals surface area contributed by atoms with Crippen molar-refractivity contribution in [3.63, 3.8) is 0 Å². The molecule has 1 saturated heterocycles. The van der Waals surface area contributed by atoms with Crippen molar-refractivity contribution in [2.75, 3.05) is 13.1 Å². The number of likely N-dealkylation sites (tertiary alicyclic amines) is 1. The number of aromatic nitrogens is 2. The number of hydrogen-bond acceptors (Lipinski definition) is 5. The number of amides is 1. The molecule has 1 N–H and O–H groups in total. The molecule has 1 aromatic heterocycles. The third-order valence-electron chi connectivity index (χ3n) is 4.62. The largest absolute Gasteiger partial charge is 0.346 e. The molecule has 2 aromatic rings. The van der Waals surface area contributed by atoms with E-state index >= 15 is 0 Å². The maximum atomic E-state index is 12.2. The molecule has 1 amide bonds. The van der Waals surface area contributed by atoms with Crippen LogP contribution in [0.3, 0.4) is 0 Å². The zero-order valence-electron chi connectivity index (χ0n) is 15.2. The second-order valence-corrected chi connectivity index (χ2v) is 8.40. The molecule has 0 aliphatic carbocycles. The highest BCUT2D eigenvalue weighted by molar-refractivity contribution is 7.13. The van der Waals surface area contributed by atoms with Crippen LogP contribution in [0.1, 0.15) is 46.2 Å². The van der Waals surface area contributed by atoms with Gasteiger partial charge >= 0.3 is 0 Å². The lowest BCUT2D eigenvalue weighted by atomic mass is 9.91. The van der Waals surface area contributed by atoms with Gasteiger partial charge in [0, 0.05) is 26.2 Å². The molecule has 0 radical (unpaired) electrons. The van der Waals surface area contributed by atoms with Gasteiger partial charge in [-0.2, -0.15) is 0 Å². The van der Waals surface area contributed by atoms with Crippen LogP contribution >= 0.6 is 11.3 Å². The first kappa shape index (κ1) is 18.0. The minimum Gasteiger partial charge on any atom is -0.346 e. The predicted octanol–water partition coefficient (Wildman–Crippen LogP) is 3.25. The Bertz CT molecular complexity index is 720. The van der Waals surface area contributed by atoms with Gasteiger partial charge in [-0.3, -0.25) is 9.69 Å². The van der Waals surface area contributed by atoms with Crippen LogP contribution in [0.4, 0.5) is 0 Å². The van der Waals surface area contributed by atoms with Crippen LogP contribution in [0.5, 0.6) is 0 Å². The first-order chi connectivity index (χ1) is 12.0. The van der Waals surface area contributed by atoms with E-state index in [9.17, 15) is 4.79 Å². The molecule has 25 heavy (non-hydrogen) atoms. The summed E-state index contributed by atoms with van der Waals surface area (Å²) in [6.45, 7) is 10.3. The molecule has 0 saturated carbocycles. The highest BCUT2D eigenvalue weighted by Crippen LogP contribution is 2.23. The summed E-state index contributed by atoms with van der Waals surface area (Å²) in [6, 6.07) is 8.37. The van der Waals surface area contributed by atoms with Crippen molar-refractivity contribution < 1.29 is 4.79 Å². The molecule has 6 heteroatoms. The first-order valence-corrected chi connectivity index (χ1v) is 9.70. The van der Waals surface area contributed by atoms with Crippen molar-refractivity contribution in [1.29, 1.82) is 0 Å². The number of hydrogen-bond donors (Lipinski definition) is 1. The van der Waals surface area contributed by atoms with E-state index in [-0.39, 0.29) is 5.91 Å². The minimum absolute atomic E-state index is 0.152. The Kier molecular flexibility index (Phi) is 5.81. The van der Waals surface area contributed by atoms with Gasteiger partial charge in [0.15, 0.2) is 0 Å². The Balaban J connectivity index is 1.63. The normalized spacial score (nSPS) is 21.2. The summed E-state index contributed by atoms with van der Waals surface area (Å²) >= 11 is 1.32. The van der Waals surface area contributed by atoms with Crippen LogP contribution in [0.25, 0.3) is 0 Å². The molecule has 1 aliphatic rings. The lowest BCUT2D eigenvalue weighted by Crippen LogP contribution is -2.38. The van der Waals surface area contributed by atoms with Gasteiger partial charge in [0.2, 0.25) is 5.01 Å². The van der Waals surface area contributed by atoms with Crippen molar-refractivity contribution in [2.45, 2.75) is 40.3 Å². The number of rotatable bonds is 5. The van der Waals surface area contributed by atoms with E-state index in [4.69, 9.17) is 0 Å². The predicted molar refractivity (Wildman–Crippen MR) is 100 cm³/mol. The number of aryl methyl sites for hydroxylation is 1. The molecule has 3 rings (SSSR count). The quantitative estimate of drug-likeness (QED) is 0.891. The number of nitrogens with one attached hydrogen (secondary N) is 1. The van der Waals surface area contributed by atoms with E-state index in [2.05, 4.69) is 52.5 Å². The third kappa shape index (κ3) is 4.86. The van der Waals surface area contributed by atoms with Gasteiger partial charge < -0.3 is 5.32 Å². The average molecular weight is 359 g/mol. The van der Waals surface area contributed by atoms with Gasteiger partial charge in [-0.1, -0.05) is 49.4 Å². The van der Waals surface area contributed by atoms with Gasteiger partial charge in [0.1, 0.15) is 5.01 Å². The molecule has 2 heterocycles. The highest BCUT2D eigenvalue weighted by atomic mass is 32.1. The van der Waals surface area contributed by atoms with Crippen LogP contribution in [-0.2, 0) is 13.1 Å². The van der Waals surface area contributed by atoms with Gasteiger partial charge in [-0.15, -0.1) is 10.2 Å². The molecule has 134 valence electrons. The Morgan fingerprint density at radius 1 is 1.20 bits per heavy atom. The molecule has 1 aromatic carbocycles. The van der Waals surface area contributed by atoms with Gasteiger partial charge in [-0.25, -0.2) is 0 Å². The Hall–Kier alpha value is -1.79. The van der Waals surface area contributed by atoms with Crippen molar-refractivity contribution in [2.24, 2.45) is 11.8 Å². The van der Waals surface area contributed by atoms with E-state index < -0.39 is 0 Å². The second-order valence-electron chi connectivity index (χ2n) is 7.22. The maximum Gasteiger partial charge on any atom is 0.282 e. The first-order valence-electron chi connectivity index (χ1n) is 8.88. The topological polar surface area (TPSA) is 58.1 Å².